The minimum absolute atomic E-state index is 0.0414. The highest BCUT2D eigenvalue weighted by Gasteiger charge is 2.29. The van der Waals surface area contributed by atoms with Crippen LogP contribution in [0.2, 0.25) is 0 Å². The predicted molar refractivity (Wildman–Crippen MR) is 78.1 cm³/mol. The van der Waals surface area contributed by atoms with Gasteiger partial charge in [0.2, 0.25) is 0 Å². The Bertz CT molecular complexity index is 509. The molecule has 0 radical (unpaired) electrons. The van der Waals surface area contributed by atoms with Crippen molar-refractivity contribution in [3.8, 4) is 0 Å². The van der Waals surface area contributed by atoms with Crippen LogP contribution in [0.3, 0.4) is 0 Å². The van der Waals surface area contributed by atoms with Crippen LogP contribution >= 0.6 is 0 Å². The summed E-state index contributed by atoms with van der Waals surface area (Å²) in [7, 11) is 1.60. The molecule has 0 bridgehead atoms. The number of ether oxygens (including phenoxy) is 1. The number of amides is 1. The van der Waals surface area contributed by atoms with Crippen LogP contribution in [0.25, 0.3) is 0 Å². The van der Waals surface area contributed by atoms with Gasteiger partial charge in [-0.3, -0.25) is 9.59 Å². The van der Waals surface area contributed by atoms with Crippen molar-refractivity contribution < 1.29 is 19.4 Å². The molecule has 0 unspecified atom stereocenters. The van der Waals surface area contributed by atoms with E-state index in [9.17, 15) is 9.59 Å². The van der Waals surface area contributed by atoms with Crippen molar-refractivity contribution in [2.24, 2.45) is 0 Å². The summed E-state index contributed by atoms with van der Waals surface area (Å²) in [5, 5.41) is 9.06. The van der Waals surface area contributed by atoms with Crippen LogP contribution in [0.4, 0.5) is 0 Å². The van der Waals surface area contributed by atoms with Gasteiger partial charge in [0.05, 0.1) is 6.61 Å². The van der Waals surface area contributed by atoms with E-state index < -0.39 is 5.97 Å². The van der Waals surface area contributed by atoms with Crippen molar-refractivity contribution in [1.82, 2.24) is 4.90 Å². The topological polar surface area (TPSA) is 66.8 Å². The van der Waals surface area contributed by atoms with Crippen LogP contribution in [-0.2, 0) is 16.1 Å². The summed E-state index contributed by atoms with van der Waals surface area (Å²) in [6, 6.07) is 7.23. The molecule has 5 heteroatoms. The van der Waals surface area contributed by atoms with Gasteiger partial charge >= 0.3 is 5.97 Å². The molecule has 1 aliphatic rings. The number of carboxylic acid groups (broad SMARTS) is 1. The normalized spacial score (nSPS) is 15.1. The van der Waals surface area contributed by atoms with E-state index in [0.717, 1.165) is 31.2 Å². The molecule has 0 spiro atoms. The number of methoxy groups -OCH3 is 1. The lowest BCUT2D eigenvalue weighted by atomic mass is 10.1. The number of carbonyl (C=O) groups is 2. The van der Waals surface area contributed by atoms with Gasteiger partial charge in [-0.15, -0.1) is 0 Å². The molecule has 21 heavy (non-hydrogen) atoms. The van der Waals surface area contributed by atoms with Gasteiger partial charge in [0, 0.05) is 18.7 Å². The Morgan fingerprint density at radius 3 is 2.67 bits per heavy atom. The Balaban J connectivity index is 2.20. The van der Waals surface area contributed by atoms with E-state index in [-0.39, 0.29) is 18.5 Å². The molecule has 2 rings (SSSR count). The van der Waals surface area contributed by atoms with Crippen molar-refractivity contribution in [2.75, 3.05) is 13.7 Å². The van der Waals surface area contributed by atoms with E-state index in [2.05, 4.69) is 0 Å². The lowest BCUT2D eigenvalue weighted by Gasteiger charge is -2.27. The molecule has 1 fully saturated rings. The number of carbonyl (C=O) groups excluding carboxylic acids is 1. The standard InChI is InChI=1S/C16H21NO4/c1-21-11-12-5-4-6-13(9-12)16(20)17(10-15(18)19)14-7-2-3-8-14/h4-6,9,14H,2-3,7-8,10-11H2,1H3,(H,18,19). The van der Waals surface area contributed by atoms with Gasteiger partial charge in [-0.05, 0) is 30.5 Å². The van der Waals surface area contributed by atoms with Crippen LogP contribution in [-0.4, -0.2) is 41.6 Å². The van der Waals surface area contributed by atoms with Crippen LogP contribution in [0.5, 0.6) is 0 Å². The molecule has 0 aromatic heterocycles. The predicted octanol–water partition coefficient (Wildman–Crippen LogP) is 2.30. The summed E-state index contributed by atoms with van der Waals surface area (Å²) in [6.07, 6.45) is 3.88. The smallest absolute Gasteiger partial charge is 0.323 e. The van der Waals surface area contributed by atoms with Crippen LogP contribution in [0.1, 0.15) is 41.6 Å². The second-order valence-electron chi connectivity index (χ2n) is 5.40. The molecular formula is C16H21NO4. The molecule has 0 saturated heterocycles. The molecule has 1 aromatic carbocycles. The van der Waals surface area contributed by atoms with E-state index in [4.69, 9.17) is 9.84 Å². The fourth-order valence-electron chi connectivity index (χ4n) is 2.86. The Kier molecular flexibility index (Phi) is 5.33. The zero-order valence-electron chi connectivity index (χ0n) is 12.2. The first-order valence-electron chi connectivity index (χ1n) is 7.22. The van der Waals surface area contributed by atoms with Crippen LogP contribution in [0, 0.1) is 0 Å². The van der Waals surface area contributed by atoms with Gasteiger partial charge in [-0.2, -0.15) is 0 Å². The van der Waals surface area contributed by atoms with E-state index in [1.807, 2.05) is 6.07 Å². The van der Waals surface area contributed by atoms with Crippen molar-refractivity contribution >= 4 is 11.9 Å². The van der Waals surface area contributed by atoms with E-state index in [0.29, 0.717) is 12.2 Å². The van der Waals surface area contributed by atoms with Crippen LogP contribution < -0.4 is 0 Å². The number of aliphatic carboxylic acids is 1. The highest BCUT2D eigenvalue weighted by molar-refractivity contribution is 5.96. The minimum atomic E-state index is -0.969. The molecular weight excluding hydrogens is 270 g/mol. The maximum atomic E-state index is 12.6. The lowest BCUT2D eigenvalue weighted by Crippen LogP contribution is -2.42. The largest absolute Gasteiger partial charge is 0.480 e. The quantitative estimate of drug-likeness (QED) is 0.873. The number of hydrogen-bond donors (Lipinski definition) is 1. The molecule has 5 nitrogen and oxygen atoms in total. The Hall–Kier alpha value is -1.88. The Morgan fingerprint density at radius 1 is 1.33 bits per heavy atom. The number of nitrogens with zero attached hydrogens (tertiary/aromatic N) is 1. The van der Waals surface area contributed by atoms with Crippen molar-refractivity contribution in [3.63, 3.8) is 0 Å². The molecule has 0 aliphatic heterocycles. The maximum Gasteiger partial charge on any atom is 0.323 e. The molecule has 114 valence electrons. The zero-order chi connectivity index (χ0) is 15.2. The number of carboxylic acids is 1. The zero-order valence-corrected chi connectivity index (χ0v) is 12.2. The summed E-state index contributed by atoms with van der Waals surface area (Å²) >= 11 is 0. The van der Waals surface area contributed by atoms with Gasteiger partial charge in [-0.1, -0.05) is 25.0 Å². The fourth-order valence-corrected chi connectivity index (χ4v) is 2.86. The molecule has 0 atom stereocenters. The highest BCUT2D eigenvalue weighted by atomic mass is 16.5. The van der Waals surface area contributed by atoms with Crippen molar-refractivity contribution in [1.29, 1.82) is 0 Å². The SMILES string of the molecule is COCc1cccc(C(=O)N(CC(=O)O)C2CCCC2)c1. The van der Waals surface area contributed by atoms with Gasteiger partial charge in [-0.25, -0.2) is 0 Å². The lowest BCUT2D eigenvalue weighted by molar-refractivity contribution is -0.138. The van der Waals surface area contributed by atoms with E-state index >= 15 is 0 Å². The fraction of sp³-hybridized carbons (Fsp3) is 0.500. The Labute approximate surface area is 124 Å². The van der Waals surface area contributed by atoms with Gasteiger partial charge < -0.3 is 14.7 Å². The first-order valence-corrected chi connectivity index (χ1v) is 7.22. The third kappa shape index (κ3) is 4.04. The van der Waals surface area contributed by atoms with Gasteiger partial charge in [0.15, 0.2) is 0 Å². The average molecular weight is 291 g/mol. The molecule has 1 aliphatic carbocycles. The monoisotopic (exact) mass is 291 g/mol. The van der Waals surface area contributed by atoms with Crippen molar-refractivity contribution in [3.05, 3.63) is 35.4 Å². The van der Waals surface area contributed by atoms with E-state index in [1.54, 1.807) is 25.3 Å². The van der Waals surface area contributed by atoms with Gasteiger partial charge in [0.1, 0.15) is 6.54 Å². The average Bonchev–Trinajstić information content (AvgIpc) is 2.98. The maximum absolute atomic E-state index is 12.6. The first-order chi connectivity index (χ1) is 10.1. The molecule has 0 heterocycles. The third-order valence-corrected chi connectivity index (χ3v) is 3.82. The molecule has 1 amide bonds. The Morgan fingerprint density at radius 2 is 2.05 bits per heavy atom. The molecule has 1 aromatic rings. The summed E-state index contributed by atoms with van der Waals surface area (Å²) < 4.78 is 5.07. The summed E-state index contributed by atoms with van der Waals surface area (Å²) in [5.41, 5.74) is 1.43. The number of rotatable bonds is 6. The first kappa shape index (κ1) is 15.5. The summed E-state index contributed by atoms with van der Waals surface area (Å²) in [4.78, 5) is 25.2. The van der Waals surface area contributed by atoms with Crippen molar-refractivity contribution in [2.45, 2.75) is 38.3 Å². The molecule has 1 N–H and O–H groups in total. The second kappa shape index (κ2) is 7.22. The van der Waals surface area contributed by atoms with Gasteiger partial charge in [0.25, 0.3) is 5.91 Å². The number of hydrogen-bond acceptors (Lipinski definition) is 3. The third-order valence-electron chi connectivity index (χ3n) is 3.82. The minimum Gasteiger partial charge on any atom is -0.480 e. The van der Waals surface area contributed by atoms with Crippen LogP contribution in [0.15, 0.2) is 24.3 Å². The number of benzene rings is 1. The van der Waals surface area contributed by atoms with E-state index in [1.165, 1.54) is 4.90 Å². The summed E-state index contributed by atoms with van der Waals surface area (Å²) in [6.45, 7) is 0.196. The molecule has 1 saturated carbocycles. The summed E-state index contributed by atoms with van der Waals surface area (Å²) in [5.74, 6) is -1.18. The highest BCUT2D eigenvalue weighted by Crippen LogP contribution is 2.25. The second-order valence-corrected chi connectivity index (χ2v) is 5.40.